The van der Waals surface area contributed by atoms with Gasteiger partial charge in [0, 0.05) is 24.9 Å². The van der Waals surface area contributed by atoms with Crippen molar-refractivity contribution in [3.8, 4) is 0 Å². The van der Waals surface area contributed by atoms with Gasteiger partial charge in [0.15, 0.2) is 0 Å². The van der Waals surface area contributed by atoms with E-state index in [1.807, 2.05) is 0 Å². The molecule has 0 spiro atoms. The van der Waals surface area contributed by atoms with Crippen LogP contribution < -0.4 is 10.6 Å². The zero-order chi connectivity index (χ0) is 13.5. The zero-order valence-electron chi connectivity index (χ0n) is 10.2. The Morgan fingerprint density at radius 3 is 2.56 bits per heavy atom. The Hall–Kier alpha value is -2.15. The van der Waals surface area contributed by atoms with Crippen LogP contribution in [-0.4, -0.2) is 30.7 Å². The Bertz CT molecular complexity index is 419. The molecule has 2 N–H and O–H groups in total. The molecule has 7 heteroatoms. The van der Waals surface area contributed by atoms with E-state index in [0.717, 1.165) is 0 Å². The topological polar surface area (TPSA) is 93.5 Å². The summed E-state index contributed by atoms with van der Waals surface area (Å²) in [5, 5.41) is 15.7. The standard InChI is InChI=1S/C11H15N3O4/c1-8(7-18-2)12-11(15)13-9-3-5-10(6-4-9)14(16)17/h3-6,8H,7H2,1-2H3,(H2,12,13,15)/t8-/m0/s1. The second kappa shape index (κ2) is 6.55. The van der Waals surface area contributed by atoms with Gasteiger partial charge < -0.3 is 15.4 Å². The number of urea groups is 1. The second-order valence-electron chi connectivity index (χ2n) is 3.76. The number of rotatable bonds is 5. The van der Waals surface area contributed by atoms with Crippen LogP contribution >= 0.6 is 0 Å². The van der Waals surface area contributed by atoms with Gasteiger partial charge in [0.1, 0.15) is 0 Å². The molecule has 0 bridgehead atoms. The van der Waals surface area contributed by atoms with Gasteiger partial charge in [-0.15, -0.1) is 0 Å². The van der Waals surface area contributed by atoms with E-state index in [4.69, 9.17) is 4.74 Å². The molecule has 1 rings (SSSR count). The molecule has 98 valence electrons. The first-order valence-electron chi connectivity index (χ1n) is 5.34. The fraction of sp³-hybridized carbons (Fsp3) is 0.364. The number of nitro benzene ring substituents is 1. The average Bonchev–Trinajstić information content (AvgIpc) is 2.29. The SMILES string of the molecule is COC[C@H](C)NC(=O)Nc1ccc([N+](=O)[O-])cc1. The lowest BCUT2D eigenvalue weighted by Crippen LogP contribution is -2.38. The minimum absolute atomic E-state index is 0.0197. The summed E-state index contributed by atoms with van der Waals surface area (Å²) in [4.78, 5) is 21.5. The Balaban J connectivity index is 2.51. The molecule has 18 heavy (non-hydrogen) atoms. The highest BCUT2D eigenvalue weighted by atomic mass is 16.6. The third kappa shape index (κ3) is 4.38. The molecule has 0 saturated heterocycles. The minimum Gasteiger partial charge on any atom is -0.383 e. The lowest BCUT2D eigenvalue weighted by atomic mass is 10.3. The van der Waals surface area contributed by atoms with E-state index in [1.54, 1.807) is 14.0 Å². The number of amides is 2. The van der Waals surface area contributed by atoms with E-state index in [1.165, 1.54) is 24.3 Å². The monoisotopic (exact) mass is 253 g/mol. The lowest BCUT2D eigenvalue weighted by Gasteiger charge is -2.13. The summed E-state index contributed by atoms with van der Waals surface area (Å²) < 4.78 is 4.88. The number of benzene rings is 1. The fourth-order valence-corrected chi connectivity index (χ4v) is 1.35. The predicted octanol–water partition coefficient (Wildman–Crippen LogP) is 1.75. The lowest BCUT2D eigenvalue weighted by molar-refractivity contribution is -0.384. The average molecular weight is 253 g/mol. The Morgan fingerprint density at radius 1 is 1.44 bits per heavy atom. The van der Waals surface area contributed by atoms with Gasteiger partial charge in [-0.05, 0) is 19.1 Å². The molecule has 7 nitrogen and oxygen atoms in total. The van der Waals surface area contributed by atoms with E-state index in [-0.39, 0.29) is 17.8 Å². The molecule has 2 amide bonds. The van der Waals surface area contributed by atoms with Gasteiger partial charge in [0.25, 0.3) is 5.69 Å². The summed E-state index contributed by atoms with van der Waals surface area (Å²) in [7, 11) is 1.55. The number of methoxy groups -OCH3 is 1. The maximum Gasteiger partial charge on any atom is 0.319 e. The van der Waals surface area contributed by atoms with E-state index < -0.39 is 4.92 Å². The Kier molecular flexibility index (Phi) is 5.06. The molecule has 0 fully saturated rings. The number of hydrogen-bond donors (Lipinski definition) is 2. The highest BCUT2D eigenvalue weighted by Gasteiger charge is 2.08. The molecule has 0 radical (unpaired) electrons. The van der Waals surface area contributed by atoms with Crippen molar-refractivity contribution in [3.05, 3.63) is 34.4 Å². The van der Waals surface area contributed by atoms with Gasteiger partial charge in [0.05, 0.1) is 17.6 Å². The molecular weight excluding hydrogens is 238 g/mol. The number of carbonyl (C=O) groups is 1. The van der Waals surface area contributed by atoms with E-state index in [0.29, 0.717) is 12.3 Å². The van der Waals surface area contributed by atoms with Gasteiger partial charge in [0.2, 0.25) is 0 Å². The van der Waals surface area contributed by atoms with Crippen LogP contribution in [0.4, 0.5) is 16.2 Å². The number of ether oxygens (including phenoxy) is 1. The molecule has 0 unspecified atom stereocenters. The maximum atomic E-state index is 11.5. The third-order valence-electron chi connectivity index (χ3n) is 2.13. The molecule has 0 heterocycles. The van der Waals surface area contributed by atoms with Crippen LogP contribution in [0.15, 0.2) is 24.3 Å². The van der Waals surface area contributed by atoms with E-state index in [9.17, 15) is 14.9 Å². The largest absolute Gasteiger partial charge is 0.383 e. The minimum atomic E-state index is -0.496. The van der Waals surface area contributed by atoms with Crippen LogP contribution in [-0.2, 0) is 4.74 Å². The predicted molar refractivity (Wildman–Crippen MR) is 66.6 cm³/mol. The summed E-state index contributed by atoms with van der Waals surface area (Å²) in [5.41, 5.74) is 0.469. The highest BCUT2D eigenvalue weighted by molar-refractivity contribution is 5.89. The molecule has 0 aliphatic heterocycles. The van der Waals surface area contributed by atoms with Gasteiger partial charge in [-0.1, -0.05) is 0 Å². The summed E-state index contributed by atoms with van der Waals surface area (Å²) >= 11 is 0. The third-order valence-corrected chi connectivity index (χ3v) is 2.13. The second-order valence-corrected chi connectivity index (χ2v) is 3.76. The molecule has 0 aliphatic carbocycles. The number of nitro groups is 1. The Labute approximate surface area is 104 Å². The van der Waals surface area contributed by atoms with Crippen molar-refractivity contribution < 1.29 is 14.5 Å². The number of hydrogen-bond acceptors (Lipinski definition) is 4. The molecule has 0 saturated carbocycles. The van der Waals surface area contributed by atoms with Crippen molar-refractivity contribution in [1.29, 1.82) is 0 Å². The van der Waals surface area contributed by atoms with Gasteiger partial charge in [-0.2, -0.15) is 0 Å². The van der Waals surface area contributed by atoms with Gasteiger partial charge >= 0.3 is 6.03 Å². The smallest absolute Gasteiger partial charge is 0.319 e. The number of nitrogens with zero attached hydrogens (tertiary/aromatic N) is 1. The van der Waals surface area contributed by atoms with Crippen molar-refractivity contribution >= 4 is 17.4 Å². The molecule has 1 aromatic rings. The molecular formula is C11H15N3O4. The van der Waals surface area contributed by atoms with Crippen molar-refractivity contribution in [3.63, 3.8) is 0 Å². The van der Waals surface area contributed by atoms with Crippen LogP contribution in [0.1, 0.15) is 6.92 Å². The normalized spacial score (nSPS) is 11.7. The fourth-order valence-electron chi connectivity index (χ4n) is 1.35. The molecule has 1 aromatic carbocycles. The number of carbonyl (C=O) groups excluding carboxylic acids is 1. The van der Waals surface area contributed by atoms with E-state index in [2.05, 4.69) is 10.6 Å². The summed E-state index contributed by atoms with van der Waals surface area (Å²) in [6.07, 6.45) is 0. The first kappa shape index (κ1) is 13.9. The van der Waals surface area contributed by atoms with Crippen molar-refractivity contribution in [2.45, 2.75) is 13.0 Å². The summed E-state index contributed by atoms with van der Waals surface area (Å²) in [5.74, 6) is 0. The van der Waals surface area contributed by atoms with Gasteiger partial charge in [-0.25, -0.2) is 4.79 Å². The first-order chi connectivity index (χ1) is 8.52. The van der Waals surface area contributed by atoms with Crippen LogP contribution in [0.25, 0.3) is 0 Å². The number of anilines is 1. The highest BCUT2D eigenvalue weighted by Crippen LogP contribution is 2.15. The molecule has 0 aromatic heterocycles. The quantitative estimate of drug-likeness (QED) is 0.617. The van der Waals surface area contributed by atoms with Crippen LogP contribution in [0, 0.1) is 10.1 Å². The Morgan fingerprint density at radius 2 is 2.06 bits per heavy atom. The number of non-ortho nitro benzene ring substituents is 1. The molecule has 1 atom stereocenters. The van der Waals surface area contributed by atoms with Crippen molar-refractivity contribution in [1.82, 2.24) is 5.32 Å². The zero-order valence-corrected chi connectivity index (χ0v) is 10.2. The summed E-state index contributed by atoms with van der Waals surface area (Å²) in [6, 6.07) is 5.10. The first-order valence-corrected chi connectivity index (χ1v) is 5.34. The van der Waals surface area contributed by atoms with E-state index >= 15 is 0 Å². The van der Waals surface area contributed by atoms with Crippen LogP contribution in [0.2, 0.25) is 0 Å². The maximum absolute atomic E-state index is 11.5. The summed E-state index contributed by atoms with van der Waals surface area (Å²) in [6.45, 7) is 2.21. The van der Waals surface area contributed by atoms with Gasteiger partial charge in [-0.3, -0.25) is 10.1 Å². The molecule has 0 aliphatic rings. The van der Waals surface area contributed by atoms with Crippen molar-refractivity contribution in [2.75, 3.05) is 19.0 Å². The van der Waals surface area contributed by atoms with Crippen molar-refractivity contribution in [2.24, 2.45) is 0 Å². The van der Waals surface area contributed by atoms with Crippen LogP contribution in [0.5, 0.6) is 0 Å². The number of nitrogens with one attached hydrogen (secondary N) is 2. The van der Waals surface area contributed by atoms with Crippen LogP contribution in [0.3, 0.4) is 0 Å².